The van der Waals surface area contributed by atoms with E-state index in [0.717, 1.165) is 63.0 Å². The Morgan fingerprint density at radius 2 is 1.86 bits per heavy atom. The first-order valence-corrected chi connectivity index (χ1v) is 10.5. The third-order valence-corrected chi connectivity index (χ3v) is 6.45. The number of aryl methyl sites for hydroxylation is 1. The summed E-state index contributed by atoms with van der Waals surface area (Å²) in [6.45, 7) is 5.68. The van der Waals surface area contributed by atoms with Crippen LogP contribution in [0.5, 0.6) is 0 Å². The average Bonchev–Trinajstić information content (AvgIpc) is 2.87. The van der Waals surface area contributed by atoms with Crippen LogP contribution in [-0.4, -0.2) is 61.6 Å². The van der Waals surface area contributed by atoms with Gasteiger partial charge in [0.25, 0.3) is 0 Å². The maximum absolute atomic E-state index is 12.7. The summed E-state index contributed by atoms with van der Waals surface area (Å²) in [6.07, 6.45) is 5.41. The van der Waals surface area contributed by atoms with Gasteiger partial charge in [0.1, 0.15) is 0 Å². The van der Waals surface area contributed by atoms with Crippen molar-refractivity contribution in [1.29, 1.82) is 0 Å². The Labute approximate surface area is 168 Å². The van der Waals surface area contributed by atoms with Gasteiger partial charge < -0.3 is 19.9 Å². The first kappa shape index (κ1) is 20.6. The second-order valence-corrected chi connectivity index (χ2v) is 8.05. The molecule has 3 amide bonds. The van der Waals surface area contributed by atoms with Crippen molar-refractivity contribution in [3.05, 3.63) is 29.8 Å². The van der Waals surface area contributed by atoms with Gasteiger partial charge in [-0.3, -0.25) is 4.79 Å². The van der Waals surface area contributed by atoms with E-state index in [1.165, 1.54) is 0 Å². The van der Waals surface area contributed by atoms with E-state index in [2.05, 4.69) is 18.3 Å². The summed E-state index contributed by atoms with van der Waals surface area (Å²) in [7, 11) is 1.67. The zero-order valence-electron chi connectivity index (χ0n) is 17.2. The third-order valence-electron chi connectivity index (χ3n) is 6.45. The average molecular weight is 388 g/mol. The molecule has 2 saturated heterocycles. The van der Waals surface area contributed by atoms with Crippen LogP contribution in [0.4, 0.5) is 10.5 Å². The maximum atomic E-state index is 12.7. The molecule has 154 valence electrons. The van der Waals surface area contributed by atoms with E-state index in [-0.39, 0.29) is 17.4 Å². The summed E-state index contributed by atoms with van der Waals surface area (Å²) in [5.74, 6) is 0.241. The number of benzene rings is 1. The number of nitrogens with zero attached hydrogens (tertiary/aromatic N) is 2. The molecule has 0 saturated carbocycles. The zero-order valence-corrected chi connectivity index (χ0v) is 17.2. The Morgan fingerprint density at radius 3 is 2.57 bits per heavy atom. The van der Waals surface area contributed by atoms with Crippen LogP contribution < -0.4 is 5.32 Å². The number of amides is 3. The van der Waals surface area contributed by atoms with Crippen LogP contribution in [0.25, 0.3) is 0 Å². The summed E-state index contributed by atoms with van der Waals surface area (Å²) in [5, 5.41) is 3.08. The van der Waals surface area contributed by atoms with Crippen molar-refractivity contribution >= 4 is 17.6 Å². The van der Waals surface area contributed by atoms with E-state index in [1.54, 1.807) is 7.11 Å². The number of ether oxygens (including phenoxy) is 1. The number of nitrogens with one attached hydrogen (secondary N) is 1. The van der Waals surface area contributed by atoms with E-state index < -0.39 is 0 Å². The number of carbonyl (C=O) groups is 2. The molecule has 0 radical (unpaired) electrons. The molecule has 0 atom stereocenters. The summed E-state index contributed by atoms with van der Waals surface area (Å²) < 4.78 is 5.13. The Kier molecular flexibility index (Phi) is 6.94. The number of anilines is 1. The van der Waals surface area contributed by atoms with Crippen molar-refractivity contribution in [3.8, 4) is 0 Å². The summed E-state index contributed by atoms with van der Waals surface area (Å²) in [5.41, 5.74) is 2.25. The maximum Gasteiger partial charge on any atom is 0.321 e. The van der Waals surface area contributed by atoms with Crippen LogP contribution in [0.1, 0.15) is 44.6 Å². The first-order valence-electron chi connectivity index (χ1n) is 10.5. The van der Waals surface area contributed by atoms with E-state index >= 15 is 0 Å². The molecule has 1 aromatic carbocycles. The van der Waals surface area contributed by atoms with Crippen molar-refractivity contribution in [1.82, 2.24) is 9.80 Å². The summed E-state index contributed by atoms with van der Waals surface area (Å²) in [4.78, 5) is 29.0. The predicted molar refractivity (Wildman–Crippen MR) is 110 cm³/mol. The molecule has 0 aromatic heterocycles. The Balaban J connectivity index is 1.55. The lowest BCUT2D eigenvalue weighted by Gasteiger charge is -2.41. The third kappa shape index (κ3) is 4.85. The summed E-state index contributed by atoms with van der Waals surface area (Å²) >= 11 is 0. The number of rotatable bonds is 5. The number of piperidine rings is 1. The zero-order chi connectivity index (χ0) is 20.0. The number of methoxy groups -OCH3 is 1. The minimum Gasteiger partial charge on any atom is -0.383 e. The van der Waals surface area contributed by atoms with Crippen LogP contribution in [0.3, 0.4) is 0 Å². The summed E-state index contributed by atoms with van der Waals surface area (Å²) in [6, 6.07) is 7.97. The fraction of sp³-hybridized carbons (Fsp3) is 0.636. The van der Waals surface area contributed by atoms with Crippen LogP contribution in [0, 0.1) is 5.41 Å². The lowest BCUT2D eigenvalue weighted by atomic mass is 9.73. The van der Waals surface area contributed by atoms with Gasteiger partial charge in [0.2, 0.25) is 5.91 Å². The van der Waals surface area contributed by atoms with Crippen LogP contribution in [-0.2, 0) is 16.0 Å². The largest absolute Gasteiger partial charge is 0.383 e. The highest BCUT2D eigenvalue weighted by Crippen LogP contribution is 2.41. The molecule has 3 rings (SSSR count). The molecule has 1 spiro atoms. The topological polar surface area (TPSA) is 61.9 Å². The molecule has 0 unspecified atom stereocenters. The minimum atomic E-state index is -0.0119. The molecular weight excluding hydrogens is 354 g/mol. The lowest BCUT2D eigenvalue weighted by molar-refractivity contribution is -0.131. The Morgan fingerprint density at radius 1 is 1.14 bits per heavy atom. The highest BCUT2D eigenvalue weighted by atomic mass is 16.5. The predicted octanol–water partition coefficient (Wildman–Crippen LogP) is 3.52. The van der Waals surface area contributed by atoms with Gasteiger partial charge in [-0.25, -0.2) is 4.79 Å². The molecule has 1 N–H and O–H groups in total. The smallest absolute Gasteiger partial charge is 0.321 e. The van der Waals surface area contributed by atoms with E-state index in [9.17, 15) is 9.59 Å². The molecule has 1 aromatic rings. The van der Waals surface area contributed by atoms with Gasteiger partial charge in [0, 0.05) is 45.4 Å². The van der Waals surface area contributed by atoms with Crippen molar-refractivity contribution < 1.29 is 14.3 Å². The normalized spacial score (nSPS) is 19.6. The van der Waals surface area contributed by atoms with Crippen LogP contribution in [0.2, 0.25) is 0 Å². The second kappa shape index (κ2) is 9.41. The van der Waals surface area contributed by atoms with Gasteiger partial charge >= 0.3 is 6.03 Å². The quantitative estimate of drug-likeness (QED) is 0.841. The molecule has 2 aliphatic rings. The van der Waals surface area contributed by atoms with E-state index in [4.69, 9.17) is 4.74 Å². The fourth-order valence-electron chi connectivity index (χ4n) is 4.42. The van der Waals surface area contributed by atoms with Crippen molar-refractivity contribution in [2.75, 3.05) is 45.2 Å². The van der Waals surface area contributed by atoms with Crippen molar-refractivity contribution in [2.24, 2.45) is 5.41 Å². The van der Waals surface area contributed by atoms with Crippen LogP contribution >= 0.6 is 0 Å². The number of hydrogen-bond acceptors (Lipinski definition) is 3. The number of likely N-dealkylation sites (tertiary alicyclic amines) is 2. The number of urea groups is 1. The van der Waals surface area contributed by atoms with Crippen molar-refractivity contribution in [2.45, 2.75) is 45.4 Å². The van der Waals surface area contributed by atoms with E-state index in [0.29, 0.717) is 19.6 Å². The number of hydrogen-bond donors (Lipinski definition) is 1. The molecule has 2 aliphatic heterocycles. The first-order chi connectivity index (χ1) is 13.6. The van der Waals surface area contributed by atoms with Crippen molar-refractivity contribution in [3.63, 3.8) is 0 Å². The SMILES string of the molecule is CCc1ccccc1NC(=O)N1CCC2(CCC(=O)N(CCOC)CC2)CC1. The van der Waals surface area contributed by atoms with Gasteiger partial charge in [0.05, 0.1) is 6.61 Å². The molecule has 28 heavy (non-hydrogen) atoms. The molecule has 2 fully saturated rings. The van der Waals surface area contributed by atoms with Gasteiger partial charge in [-0.1, -0.05) is 25.1 Å². The molecule has 6 nitrogen and oxygen atoms in total. The van der Waals surface area contributed by atoms with Gasteiger partial charge in [0.15, 0.2) is 0 Å². The second-order valence-electron chi connectivity index (χ2n) is 8.05. The Bertz CT molecular complexity index is 683. The highest BCUT2D eigenvalue weighted by molar-refractivity contribution is 5.90. The molecule has 2 heterocycles. The molecular formula is C22H33N3O3. The highest BCUT2D eigenvalue weighted by Gasteiger charge is 2.38. The van der Waals surface area contributed by atoms with Gasteiger partial charge in [-0.2, -0.15) is 0 Å². The monoisotopic (exact) mass is 387 g/mol. The fourth-order valence-corrected chi connectivity index (χ4v) is 4.42. The number of para-hydroxylation sites is 1. The van der Waals surface area contributed by atoms with Crippen LogP contribution in [0.15, 0.2) is 24.3 Å². The number of carbonyl (C=O) groups excluding carboxylic acids is 2. The molecule has 0 bridgehead atoms. The molecule has 0 aliphatic carbocycles. The standard InChI is InChI=1S/C22H33N3O3/c1-3-18-6-4-5-7-19(18)23-21(27)25-14-11-22(12-15-25)9-8-20(26)24(13-10-22)16-17-28-2/h4-7H,3,8-17H2,1-2H3,(H,23,27). The lowest BCUT2D eigenvalue weighted by Crippen LogP contribution is -2.45. The molecule has 6 heteroatoms. The minimum absolute atomic E-state index is 0.0119. The van der Waals surface area contributed by atoms with Gasteiger partial charge in [-0.05, 0) is 49.1 Å². The Hall–Kier alpha value is -2.08. The van der Waals surface area contributed by atoms with Gasteiger partial charge in [-0.15, -0.1) is 0 Å². The van der Waals surface area contributed by atoms with E-state index in [1.807, 2.05) is 28.0 Å².